The number of carbonyl (C=O) groups is 1. The molecule has 3 N–H and O–H groups in total. The molecule has 0 atom stereocenters. The fourth-order valence-electron chi connectivity index (χ4n) is 1.72. The third-order valence-corrected chi connectivity index (χ3v) is 3.31. The Bertz CT molecular complexity index is 692. The molecule has 0 saturated carbocycles. The SMILES string of the molecule is O=C(O)/C(=C\c1ccc(O)c(Br)c1)c1cccc(O)c1. The summed E-state index contributed by atoms with van der Waals surface area (Å²) in [6.07, 6.45) is 1.47. The van der Waals surface area contributed by atoms with Gasteiger partial charge in [-0.2, -0.15) is 0 Å². The smallest absolute Gasteiger partial charge is 0.336 e. The number of hydrogen-bond donors (Lipinski definition) is 3. The lowest BCUT2D eigenvalue weighted by Crippen LogP contribution is -1.99. The average Bonchev–Trinajstić information content (AvgIpc) is 2.39. The Balaban J connectivity index is 2.50. The Labute approximate surface area is 123 Å². The first-order valence-electron chi connectivity index (χ1n) is 5.70. The lowest BCUT2D eigenvalue weighted by atomic mass is 10.0. The molecular weight excluding hydrogens is 324 g/mol. The van der Waals surface area contributed by atoms with E-state index in [2.05, 4.69) is 15.9 Å². The van der Waals surface area contributed by atoms with Gasteiger partial charge >= 0.3 is 5.97 Å². The van der Waals surface area contributed by atoms with E-state index >= 15 is 0 Å². The number of carboxylic acids is 1. The van der Waals surface area contributed by atoms with Crippen LogP contribution in [0.2, 0.25) is 0 Å². The molecule has 2 aromatic carbocycles. The van der Waals surface area contributed by atoms with E-state index in [0.717, 1.165) is 0 Å². The molecule has 2 aromatic rings. The van der Waals surface area contributed by atoms with Crippen LogP contribution in [0.5, 0.6) is 11.5 Å². The molecule has 0 unspecified atom stereocenters. The molecule has 0 spiro atoms. The van der Waals surface area contributed by atoms with Crippen molar-refractivity contribution >= 4 is 33.5 Å². The fraction of sp³-hybridized carbons (Fsp3) is 0. The van der Waals surface area contributed by atoms with Crippen molar-refractivity contribution in [1.82, 2.24) is 0 Å². The summed E-state index contributed by atoms with van der Waals surface area (Å²) in [5.74, 6) is -1.02. The molecule has 0 aromatic heterocycles. The Kier molecular flexibility index (Phi) is 4.10. The zero-order valence-corrected chi connectivity index (χ0v) is 11.8. The molecule has 0 saturated heterocycles. The van der Waals surface area contributed by atoms with E-state index in [1.165, 1.54) is 24.3 Å². The topological polar surface area (TPSA) is 77.8 Å². The minimum atomic E-state index is -1.10. The number of aliphatic carboxylic acids is 1. The van der Waals surface area contributed by atoms with Crippen LogP contribution in [0.1, 0.15) is 11.1 Å². The number of phenols is 2. The predicted molar refractivity (Wildman–Crippen MR) is 79.4 cm³/mol. The highest BCUT2D eigenvalue weighted by atomic mass is 79.9. The second-order valence-corrected chi connectivity index (χ2v) is 4.98. The highest BCUT2D eigenvalue weighted by Crippen LogP contribution is 2.27. The van der Waals surface area contributed by atoms with Crippen molar-refractivity contribution in [1.29, 1.82) is 0 Å². The molecule has 0 aliphatic heterocycles. The van der Waals surface area contributed by atoms with Crippen molar-refractivity contribution in [3.05, 3.63) is 58.1 Å². The first kappa shape index (κ1) is 14.1. The third-order valence-electron chi connectivity index (χ3n) is 2.67. The van der Waals surface area contributed by atoms with E-state index in [-0.39, 0.29) is 17.1 Å². The summed E-state index contributed by atoms with van der Waals surface area (Å²) in [5.41, 5.74) is 1.08. The number of phenolic OH excluding ortho intramolecular Hbond substituents is 2. The van der Waals surface area contributed by atoms with E-state index in [1.54, 1.807) is 24.3 Å². The molecule has 0 bridgehead atoms. The lowest BCUT2D eigenvalue weighted by Gasteiger charge is -2.05. The minimum Gasteiger partial charge on any atom is -0.508 e. The molecule has 102 valence electrons. The van der Waals surface area contributed by atoms with Gasteiger partial charge in [0, 0.05) is 0 Å². The maximum Gasteiger partial charge on any atom is 0.336 e. The quantitative estimate of drug-likeness (QED) is 0.593. The summed E-state index contributed by atoms with van der Waals surface area (Å²) in [6.45, 7) is 0. The van der Waals surface area contributed by atoms with Gasteiger partial charge in [-0.05, 0) is 57.4 Å². The Morgan fingerprint density at radius 1 is 1.10 bits per heavy atom. The first-order valence-corrected chi connectivity index (χ1v) is 6.49. The minimum absolute atomic E-state index is 0.00142. The normalized spacial score (nSPS) is 11.3. The van der Waals surface area contributed by atoms with E-state index in [0.29, 0.717) is 15.6 Å². The van der Waals surface area contributed by atoms with Crippen LogP contribution in [-0.2, 0) is 4.79 Å². The summed E-state index contributed by atoms with van der Waals surface area (Å²) in [5, 5.41) is 28.1. The van der Waals surface area contributed by atoms with Gasteiger partial charge in [0.05, 0.1) is 10.0 Å². The lowest BCUT2D eigenvalue weighted by molar-refractivity contribution is -0.130. The summed E-state index contributed by atoms with van der Waals surface area (Å²) in [4.78, 5) is 11.4. The summed E-state index contributed by atoms with van der Waals surface area (Å²) < 4.78 is 0.479. The van der Waals surface area contributed by atoms with E-state index in [9.17, 15) is 20.1 Å². The zero-order chi connectivity index (χ0) is 14.7. The average molecular weight is 335 g/mol. The van der Waals surface area contributed by atoms with Crippen LogP contribution >= 0.6 is 15.9 Å². The van der Waals surface area contributed by atoms with E-state index in [4.69, 9.17) is 0 Å². The van der Waals surface area contributed by atoms with Gasteiger partial charge in [0.2, 0.25) is 0 Å². The molecule has 20 heavy (non-hydrogen) atoms. The van der Waals surface area contributed by atoms with Crippen LogP contribution in [0, 0.1) is 0 Å². The monoisotopic (exact) mass is 334 g/mol. The second-order valence-electron chi connectivity index (χ2n) is 4.12. The van der Waals surface area contributed by atoms with Gasteiger partial charge < -0.3 is 15.3 Å². The molecule has 0 aliphatic carbocycles. The van der Waals surface area contributed by atoms with Crippen molar-refractivity contribution in [2.24, 2.45) is 0 Å². The highest BCUT2D eigenvalue weighted by Gasteiger charge is 2.11. The number of carboxylic acid groups (broad SMARTS) is 1. The Morgan fingerprint density at radius 2 is 1.85 bits per heavy atom. The molecule has 0 heterocycles. The van der Waals surface area contributed by atoms with Gasteiger partial charge in [0.15, 0.2) is 0 Å². The van der Waals surface area contributed by atoms with Gasteiger partial charge in [-0.3, -0.25) is 0 Å². The molecule has 0 radical (unpaired) electrons. The van der Waals surface area contributed by atoms with Crippen LogP contribution in [0.4, 0.5) is 0 Å². The molecule has 0 amide bonds. The third kappa shape index (κ3) is 3.19. The maximum absolute atomic E-state index is 11.4. The van der Waals surface area contributed by atoms with Gasteiger partial charge in [0.1, 0.15) is 11.5 Å². The van der Waals surface area contributed by atoms with Crippen molar-refractivity contribution < 1.29 is 20.1 Å². The molecule has 4 nitrogen and oxygen atoms in total. The first-order chi connectivity index (χ1) is 9.47. The van der Waals surface area contributed by atoms with Crippen LogP contribution in [0.25, 0.3) is 11.6 Å². The number of benzene rings is 2. The fourth-order valence-corrected chi connectivity index (χ4v) is 2.12. The number of aromatic hydroxyl groups is 2. The highest BCUT2D eigenvalue weighted by molar-refractivity contribution is 9.10. The molecule has 5 heteroatoms. The summed E-state index contributed by atoms with van der Waals surface area (Å²) in [6, 6.07) is 10.7. The van der Waals surface area contributed by atoms with Gasteiger partial charge in [-0.25, -0.2) is 4.79 Å². The second kappa shape index (κ2) is 5.79. The molecule has 2 rings (SSSR count). The largest absolute Gasteiger partial charge is 0.508 e. The van der Waals surface area contributed by atoms with Crippen molar-refractivity contribution in [2.45, 2.75) is 0 Å². The molecular formula is C15H11BrO4. The zero-order valence-electron chi connectivity index (χ0n) is 10.2. The number of rotatable bonds is 3. The van der Waals surface area contributed by atoms with Gasteiger partial charge in [-0.1, -0.05) is 18.2 Å². The molecule has 0 fully saturated rings. The maximum atomic E-state index is 11.4. The Hall–Kier alpha value is -2.27. The van der Waals surface area contributed by atoms with E-state index in [1.807, 2.05) is 0 Å². The van der Waals surface area contributed by atoms with Crippen LogP contribution < -0.4 is 0 Å². The summed E-state index contributed by atoms with van der Waals surface area (Å²) >= 11 is 3.17. The standard InChI is InChI=1S/C15H11BrO4/c16-13-7-9(4-5-14(13)18)6-12(15(19)20)10-2-1-3-11(17)8-10/h1-8,17-18H,(H,19,20)/b12-6-. The van der Waals surface area contributed by atoms with Crippen molar-refractivity contribution in [2.75, 3.05) is 0 Å². The molecule has 0 aliphatic rings. The van der Waals surface area contributed by atoms with Crippen molar-refractivity contribution in [3.63, 3.8) is 0 Å². The van der Waals surface area contributed by atoms with Gasteiger partial charge in [0.25, 0.3) is 0 Å². The van der Waals surface area contributed by atoms with Crippen LogP contribution in [0.3, 0.4) is 0 Å². The van der Waals surface area contributed by atoms with Crippen LogP contribution in [-0.4, -0.2) is 21.3 Å². The van der Waals surface area contributed by atoms with E-state index < -0.39 is 5.97 Å². The summed E-state index contributed by atoms with van der Waals surface area (Å²) in [7, 11) is 0. The predicted octanol–water partition coefficient (Wildman–Crippen LogP) is 3.49. The number of halogens is 1. The van der Waals surface area contributed by atoms with Crippen molar-refractivity contribution in [3.8, 4) is 11.5 Å². The van der Waals surface area contributed by atoms with Gasteiger partial charge in [-0.15, -0.1) is 0 Å². The van der Waals surface area contributed by atoms with Crippen LogP contribution in [0.15, 0.2) is 46.9 Å². The Morgan fingerprint density at radius 3 is 2.45 bits per heavy atom. The number of hydrogen-bond acceptors (Lipinski definition) is 3.